The van der Waals surface area contributed by atoms with Crippen LogP contribution in [0.25, 0.3) is 0 Å². The van der Waals surface area contributed by atoms with Gasteiger partial charge in [-0.05, 0) is 62.5 Å². The molecule has 0 atom stereocenters. The van der Waals surface area contributed by atoms with Crippen LogP contribution >= 0.6 is 0 Å². The minimum absolute atomic E-state index is 0.0180. The van der Waals surface area contributed by atoms with Gasteiger partial charge in [0.25, 0.3) is 16.1 Å². The third-order valence-electron chi connectivity index (χ3n) is 8.05. The summed E-state index contributed by atoms with van der Waals surface area (Å²) in [5.41, 5.74) is 1.94. The Labute approximate surface area is 203 Å². The molecule has 0 unspecified atom stereocenters. The summed E-state index contributed by atoms with van der Waals surface area (Å²) in [7, 11) is -3.41. The Morgan fingerprint density at radius 1 is 0.853 bits per heavy atom. The molecule has 0 radical (unpaired) electrons. The van der Waals surface area contributed by atoms with Crippen molar-refractivity contribution in [3.63, 3.8) is 0 Å². The van der Waals surface area contributed by atoms with Crippen LogP contribution in [-0.4, -0.2) is 84.5 Å². The fraction of sp³-hybridized carbons (Fsp3) is 0.680. The molecular weight excluding hydrogens is 452 g/mol. The maximum atomic E-state index is 13.3. The smallest absolute Gasteiger partial charge is 0.282 e. The van der Waals surface area contributed by atoms with Crippen LogP contribution in [0, 0.1) is 11.8 Å². The molecule has 34 heavy (non-hydrogen) atoms. The van der Waals surface area contributed by atoms with E-state index in [1.807, 2.05) is 34.1 Å². The normalized spacial score (nSPS) is 27.1. The summed E-state index contributed by atoms with van der Waals surface area (Å²) < 4.78 is 29.0. The first kappa shape index (κ1) is 23.8. The number of rotatable bonds is 5. The lowest BCUT2D eigenvalue weighted by Gasteiger charge is -2.33. The van der Waals surface area contributed by atoms with E-state index in [1.54, 1.807) is 8.61 Å². The van der Waals surface area contributed by atoms with E-state index in [0.717, 1.165) is 56.2 Å². The van der Waals surface area contributed by atoms with Gasteiger partial charge in [0.15, 0.2) is 0 Å². The molecule has 9 heteroatoms. The highest BCUT2D eigenvalue weighted by Gasteiger charge is 2.36. The lowest BCUT2D eigenvalue weighted by molar-refractivity contribution is -0.136. The topological polar surface area (TPSA) is 81.2 Å². The molecule has 0 spiro atoms. The summed E-state index contributed by atoms with van der Waals surface area (Å²) >= 11 is 0. The molecule has 2 amide bonds. The van der Waals surface area contributed by atoms with Gasteiger partial charge in [0, 0.05) is 63.8 Å². The maximum Gasteiger partial charge on any atom is 0.282 e. The molecule has 1 aromatic carbocycles. The molecule has 186 valence electrons. The van der Waals surface area contributed by atoms with E-state index in [9.17, 15) is 18.0 Å². The van der Waals surface area contributed by atoms with Crippen molar-refractivity contribution in [2.24, 2.45) is 11.8 Å². The van der Waals surface area contributed by atoms with Crippen molar-refractivity contribution in [1.82, 2.24) is 18.4 Å². The Kier molecular flexibility index (Phi) is 6.95. The number of benzene rings is 1. The van der Waals surface area contributed by atoms with E-state index < -0.39 is 10.2 Å². The quantitative estimate of drug-likeness (QED) is 0.637. The number of nitrogens with zero attached hydrogens (tertiary/aromatic N) is 4. The molecule has 8 nitrogen and oxygen atoms in total. The number of amides is 2. The molecule has 3 fully saturated rings. The summed E-state index contributed by atoms with van der Waals surface area (Å²) in [6.07, 6.45) is 6.17. The van der Waals surface area contributed by atoms with Gasteiger partial charge >= 0.3 is 0 Å². The molecule has 1 aliphatic carbocycles. The van der Waals surface area contributed by atoms with Crippen molar-refractivity contribution in [3.8, 4) is 0 Å². The zero-order valence-electron chi connectivity index (χ0n) is 19.9. The number of hydrogen-bond acceptors (Lipinski definition) is 4. The molecule has 1 aromatic rings. The third kappa shape index (κ3) is 4.75. The summed E-state index contributed by atoms with van der Waals surface area (Å²) in [6, 6.07) is 7.84. The molecule has 0 aromatic heterocycles. The van der Waals surface area contributed by atoms with Crippen LogP contribution in [-0.2, 0) is 21.5 Å². The molecule has 4 aliphatic rings. The Hall–Kier alpha value is -1.97. The average Bonchev–Trinajstić information content (AvgIpc) is 3.42. The molecule has 2 saturated heterocycles. The second-order valence-electron chi connectivity index (χ2n) is 10.3. The monoisotopic (exact) mass is 488 g/mol. The number of carbonyl (C=O) groups excluding carboxylic acids is 2. The first-order valence-electron chi connectivity index (χ1n) is 12.8. The van der Waals surface area contributed by atoms with Crippen molar-refractivity contribution in [2.45, 2.75) is 51.5 Å². The van der Waals surface area contributed by atoms with E-state index in [1.165, 1.54) is 0 Å². The van der Waals surface area contributed by atoms with Crippen molar-refractivity contribution >= 4 is 22.0 Å². The second-order valence-corrected chi connectivity index (χ2v) is 12.2. The number of hydrogen-bond donors (Lipinski definition) is 0. The van der Waals surface area contributed by atoms with Gasteiger partial charge < -0.3 is 9.80 Å². The highest BCUT2D eigenvalue weighted by atomic mass is 32.2. The lowest BCUT2D eigenvalue weighted by Crippen LogP contribution is -2.45. The Morgan fingerprint density at radius 2 is 1.53 bits per heavy atom. The fourth-order valence-electron chi connectivity index (χ4n) is 6.05. The zero-order chi connectivity index (χ0) is 23.7. The van der Waals surface area contributed by atoms with Gasteiger partial charge in [-0.3, -0.25) is 9.59 Å². The summed E-state index contributed by atoms with van der Waals surface area (Å²) in [6.45, 7) is 4.66. The summed E-state index contributed by atoms with van der Waals surface area (Å²) in [4.78, 5) is 29.8. The third-order valence-corrected chi connectivity index (χ3v) is 10.1. The second kappa shape index (κ2) is 9.95. The summed E-state index contributed by atoms with van der Waals surface area (Å²) in [5, 5.41) is 0. The first-order valence-corrected chi connectivity index (χ1v) is 14.2. The van der Waals surface area contributed by atoms with Crippen LogP contribution in [0.4, 0.5) is 0 Å². The SMILES string of the molecule is O=C1c2ccccc2CN1CC1CCC(C(=O)N2CCCN(S(=O)(=O)N3CCCC3)CC2)CC1. The highest BCUT2D eigenvalue weighted by molar-refractivity contribution is 7.86. The molecular formula is C25H36N4O4S. The van der Waals surface area contributed by atoms with E-state index in [-0.39, 0.29) is 17.7 Å². The van der Waals surface area contributed by atoms with Crippen LogP contribution < -0.4 is 0 Å². The Balaban J connectivity index is 1.10. The van der Waals surface area contributed by atoms with Crippen LogP contribution in [0.2, 0.25) is 0 Å². The molecule has 0 N–H and O–H groups in total. The molecule has 1 saturated carbocycles. The van der Waals surface area contributed by atoms with Gasteiger partial charge in [-0.25, -0.2) is 0 Å². The van der Waals surface area contributed by atoms with Crippen LogP contribution in [0.1, 0.15) is 60.9 Å². The predicted molar refractivity (Wildman–Crippen MR) is 129 cm³/mol. The van der Waals surface area contributed by atoms with Crippen molar-refractivity contribution in [3.05, 3.63) is 35.4 Å². The van der Waals surface area contributed by atoms with Gasteiger partial charge in [-0.2, -0.15) is 17.0 Å². The van der Waals surface area contributed by atoms with Gasteiger partial charge in [0.05, 0.1) is 0 Å². The van der Waals surface area contributed by atoms with Crippen molar-refractivity contribution in [1.29, 1.82) is 0 Å². The van der Waals surface area contributed by atoms with Crippen molar-refractivity contribution < 1.29 is 18.0 Å². The first-order chi connectivity index (χ1) is 16.4. The van der Waals surface area contributed by atoms with Crippen LogP contribution in [0.15, 0.2) is 24.3 Å². The minimum atomic E-state index is -3.41. The van der Waals surface area contributed by atoms with Gasteiger partial charge in [-0.15, -0.1) is 0 Å². The largest absolute Gasteiger partial charge is 0.341 e. The zero-order valence-corrected chi connectivity index (χ0v) is 20.7. The van der Waals surface area contributed by atoms with E-state index in [0.29, 0.717) is 58.2 Å². The van der Waals surface area contributed by atoms with Gasteiger partial charge in [0.2, 0.25) is 5.91 Å². The van der Waals surface area contributed by atoms with Crippen LogP contribution in [0.3, 0.4) is 0 Å². The Bertz CT molecular complexity index is 1020. The molecule has 3 aliphatic heterocycles. The van der Waals surface area contributed by atoms with E-state index >= 15 is 0 Å². The van der Waals surface area contributed by atoms with E-state index in [2.05, 4.69) is 0 Å². The van der Waals surface area contributed by atoms with Crippen molar-refractivity contribution in [2.75, 3.05) is 45.8 Å². The molecule has 3 heterocycles. The minimum Gasteiger partial charge on any atom is -0.341 e. The number of fused-ring (bicyclic) bond motifs is 1. The standard InChI is InChI=1S/C25H36N4O4S/c30-24(26-12-5-15-29(17-16-26)34(32,33)28-13-3-4-14-28)21-10-8-20(9-11-21)18-27-19-22-6-1-2-7-23(22)25(27)31/h1-2,6-7,20-21H,3-5,8-19H2. The molecule has 0 bridgehead atoms. The lowest BCUT2D eigenvalue weighted by atomic mass is 9.81. The average molecular weight is 489 g/mol. The fourth-order valence-corrected chi connectivity index (χ4v) is 7.77. The maximum absolute atomic E-state index is 13.3. The predicted octanol–water partition coefficient (Wildman–Crippen LogP) is 2.32. The highest BCUT2D eigenvalue weighted by Crippen LogP contribution is 2.33. The number of carbonyl (C=O) groups is 2. The Morgan fingerprint density at radius 3 is 2.26 bits per heavy atom. The van der Waals surface area contributed by atoms with Crippen LogP contribution in [0.5, 0.6) is 0 Å². The van der Waals surface area contributed by atoms with Gasteiger partial charge in [-0.1, -0.05) is 18.2 Å². The van der Waals surface area contributed by atoms with Gasteiger partial charge in [0.1, 0.15) is 0 Å². The molecule has 5 rings (SSSR count). The van der Waals surface area contributed by atoms with E-state index in [4.69, 9.17) is 0 Å². The summed E-state index contributed by atoms with van der Waals surface area (Å²) in [5.74, 6) is 0.771.